The lowest BCUT2D eigenvalue weighted by molar-refractivity contribution is 0.0498. The van der Waals surface area contributed by atoms with Gasteiger partial charge in [-0.25, -0.2) is 4.79 Å². The molecule has 0 saturated carbocycles. The number of hydrogen-bond acceptors (Lipinski definition) is 3. The third kappa shape index (κ3) is 2.98. The van der Waals surface area contributed by atoms with Crippen molar-refractivity contribution < 1.29 is 14.6 Å². The van der Waals surface area contributed by atoms with E-state index in [0.717, 1.165) is 12.8 Å². The van der Waals surface area contributed by atoms with Crippen LogP contribution in [-0.2, 0) is 4.74 Å². The lowest BCUT2D eigenvalue weighted by Gasteiger charge is -2.07. The van der Waals surface area contributed by atoms with Crippen LogP contribution in [-0.4, -0.2) is 17.7 Å². The number of phenols is 1. The summed E-state index contributed by atoms with van der Waals surface area (Å²) in [6.45, 7) is 4.17. The van der Waals surface area contributed by atoms with Crippen molar-refractivity contribution in [3.8, 4) is 5.75 Å². The molecule has 0 bridgehead atoms. The first kappa shape index (κ1) is 11.6. The van der Waals surface area contributed by atoms with Gasteiger partial charge in [0.2, 0.25) is 0 Å². The quantitative estimate of drug-likeness (QED) is 0.611. The van der Waals surface area contributed by atoms with Gasteiger partial charge in [0.05, 0.1) is 12.2 Å². The highest BCUT2D eigenvalue weighted by atomic mass is 16.5. The zero-order valence-electron chi connectivity index (χ0n) is 9.12. The van der Waals surface area contributed by atoms with Crippen molar-refractivity contribution >= 4 is 5.97 Å². The van der Waals surface area contributed by atoms with Gasteiger partial charge in [0, 0.05) is 5.56 Å². The molecule has 0 heterocycles. The Hall–Kier alpha value is -1.51. The van der Waals surface area contributed by atoms with E-state index >= 15 is 0 Å². The number of hydrogen-bond donors (Lipinski definition) is 1. The molecule has 1 N–H and O–H groups in total. The van der Waals surface area contributed by atoms with Crippen LogP contribution in [0, 0.1) is 6.92 Å². The first-order valence-electron chi connectivity index (χ1n) is 5.12. The van der Waals surface area contributed by atoms with E-state index < -0.39 is 0 Å². The molecule has 3 heteroatoms. The molecule has 0 fully saturated rings. The molecule has 0 aliphatic rings. The van der Waals surface area contributed by atoms with E-state index in [1.54, 1.807) is 25.1 Å². The molecule has 0 atom stereocenters. The molecular formula is C12H16O3. The molecule has 3 nitrogen and oxygen atoms in total. The SMILES string of the molecule is CCCCOC(=O)c1cccc(O)c1C. The highest BCUT2D eigenvalue weighted by Gasteiger charge is 2.11. The van der Waals surface area contributed by atoms with Crippen molar-refractivity contribution in [2.24, 2.45) is 0 Å². The molecular weight excluding hydrogens is 192 g/mol. The largest absolute Gasteiger partial charge is 0.508 e. The van der Waals surface area contributed by atoms with E-state index in [9.17, 15) is 9.90 Å². The zero-order chi connectivity index (χ0) is 11.3. The molecule has 15 heavy (non-hydrogen) atoms. The molecule has 0 unspecified atom stereocenters. The second kappa shape index (κ2) is 5.39. The summed E-state index contributed by atoms with van der Waals surface area (Å²) in [4.78, 5) is 11.6. The lowest BCUT2D eigenvalue weighted by atomic mass is 10.1. The van der Waals surface area contributed by atoms with E-state index in [1.807, 2.05) is 6.92 Å². The van der Waals surface area contributed by atoms with Gasteiger partial charge in [-0.05, 0) is 25.5 Å². The Morgan fingerprint density at radius 1 is 1.47 bits per heavy atom. The minimum Gasteiger partial charge on any atom is -0.508 e. The number of phenolic OH excluding ortho intramolecular Hbond substituents is 1. The number of esters is 1. The number of carbonyl (C=O) groups excluding carboxylic acids is 1. The zero-order valence-corrected chi connectivity index (χ0v) is 9.12. The summed E-state index contributed by atoms with van der Waals surface area (Å²) in [5.41, 5.74) is 1.00. The van der Waals surface area contributed by atoms with Crippen LogP contribution in [0.2, 0.25) is 0 Å². The van der Waals surface area contributed by atoms with Crippen molar-refractivity contribution in [3.05, 3.63) is 29.3 Å². The molecule has 1 aromatic rings. The van der Waals surface area contributed by atoms with Gasteiger partial charge in [-0.15, -0.1) is 0 Å². The highest BCUT2D eigenvalue weighted by Crippen LogP contribution is 2.20. The normalized spacial score (nSPS) is 10.0. The van der Waals surface area contributed by atoms with E-state index in [2.05, 4.69) is 0 Å². The lowest BCUT2D eigenvalue weighted by Crippen LogP contribution is -2.07. The summed E-state index contributed by atoms with van der Waals surface area (Å²) in [6, 6.07) is 4.85. The molecule has 1 rings (SSSR count). The van der Waals surface area contributed by atoms with Crippen molar-refractivity contribution in [3.63, 3.8) is 0 Å². The molecule has 0 aliphatic heterocycles. The Morgan fingerprint density at radius 2 is 2.20 bits per heavy atom. The van der Waals surface area contributed by atoms with Crippen molar-refractivity contribution in [1.29, 1.82) is 0 Å². The van der Waals surface area contributed by atoms with E-state index in [-0.39, 0.29) is 11.7 Å². The molecule has 0 saturated heterocycles. The Bertz CT molecular complexity index is 345. The summed E-state index contributed by atoms with van der Waals surface area (Å²) in [5, 5.41) is 9.41. The second-order valence-corrected chi connectivity index (χ2v) is 3.44. The number of rotatable bonds is 4. The molecule has 0 spiro atoms. The van der Waals surface area contributed by atoms with Gasteiger partial charge in [0.15, 0.2) is 0 Å². The molecule has 1 aromatic carbocycles. The predicted molar refractivity (Wildman–Crippen MR) is 58.0 cm³/mol. The monoisotopic (exact) mass is 208 g/mol. The molecule has 82 valence electrons. The Morgan fingerprint density at radius 3 is 2.87 bits per heavy atom. The van der Waals surface area contributed by atoms with Crippen LogP contribution in [0.25, 0.3) is 0 Å². The van der Waals surface area contributed by atoms with Gasteiger partial charge in [-0.2, -0.15) is 0 Å². The third-order valence-electron chi connectivity index (χ3n) is 2.26. The van der Waals surface area contributed by atoms with Crippen LogP contribution in [0.15, 0.2) is 18.2 Å². The number of ether oxygens (including phenoxy) is 1. The van der Waals surface area contributed by atoms with Crippen LogP contribution in [0.5, 0.6) is 5.75 Å². The van der Waals surface area contributed by atoms with E-state index in [4.69, 9.17) is 4.74 Å². The summed E-state index contributed by atoms with van der Waals surface area (Å²) < 4.78 is 5.05. The van der Waals surface area contributed by atoms with Crippen LogP contribution in [0.1, 0.15) is 35.7 Å². The molecule has 0 aliphatic carbocycles. The van der Waals surface area contributed by atoms with E-state index in [1.165, 1.54) is 0 Å². The summed E-state index contributed by atoms with van der Waals surface area (Å²) in [6.07, 6.45) is 1.86. The first-order valence-corrected chi connectivity index (χ1v) is 5.12. The maximum Gasteiger partial charge on any atom is 0.338 e. The molecule has 0 amide bonds. The van der Waals surface area contributed by atoms with Crippen LogP contribution >= 0.6 is 0 Å². The van der Waals surface area contributed by atoms with Gasteiger partial charge >= 0.3 is 5.97 Å². The topological polar surface area (TPSA) is 46.5 Å². The summed E-state index contributed by atoms with van der Waals surface area (Å²) >= 11 is 0. The number of aromatic hydroxyl groups is 1. The van der Waals surface area contributed by atoms with Gasteiger partial charge in [-0.3, -0.25) is 0 Å². The first-order chi connectivity index (χ1) is 7.16. The fourth-order valence-corrected chi connectivity index (χ4v) is 1.23. The Balaban J connectivity index is 2.69. The number of unbranched alkanes of at least 4 members (excludes halogenated alkanes) is 1. The average Bonchev–Trinajstić information content (AvgIpc) is 2.22. The van der Waals surface area contributed by atoms with Crippen molar-refractivity contribution in [2.75, 3.05) is 6.61 Å². The molecule has 0 radical (unpaired) electrons. The van der Waals surface area contributed by atoms with Gasteiger partial charge in [0.25, 0.3) is 0 Å². The minimum absolute atomic E-state index is 0.125. The van der Waals surface area contributed by atoms with Gasteiger partial charge in [0.1, 0.15) is 5.75 Å². The maximum atomic E-state index is 11.6. The van der Waals surface area contributed by atoms with Crippen LogP contribution < -0.4 is 0 Å². The highest BCUT2D eigenvalue weighted by molar-refractivity contribution is 5.91. The van der Waals surface area contributed by atoms with Crippen LogP contribution in [0.4, 0.5) is 0 Å². The fraction of sp³-hybridized carbons (Fsp3) is 0.417. The number of carbonyl (C=O) groups is 1. The minimum atomic E-state index is -0.364. The molecule has 0 aromatic heterocycles. The van der Waals surface area contributed by atoms with Crippen molar-refractivity contribution in [2.45, 2.75) is 26.7 Å². The van der Waals surface area contributed by atoms with Crippen molar-refractivity contribution in [1.82, 2.24) is 0 Å². The van der Waals surface area contributed by atoms with Crippen LogP contribution in [0.3, 0.4) is 0 Å². The Kier molecular flexibility index (Phi) is 4.16. The maximum absolute atomic E-state index is 11.6. The smallest absolute Gasteiger partial charge is 0.338 e. The average molecular weight is 208 g/mol. The summed E-state index contributed by atoms with van der Waals surface area (Å²) in [7, 11) is 0. The third-order valence-corrected chi connectivity index (χ3v) is 2.26. The fourth-order valence-electron chi connectivity index (χ4n) is 1.23. The second-order valence-electron chi connectivity index (χ2n) is 3.44. The van der Waals surface area contributed by atoms with Gasteiger partial charge in [-0.1, -0.05) is 19.4 Å². The standard InChI is InChI=1S/C12H16O3/c1-3-4-8-15-12(14)10-6-5-7-11(13)9(10)2/h5-7,13H,3-4,8H2,1-2H3. The van der Waals surface area contributed by atoms with Gasteiger partial charge < -0.3 is 9.84 Å². The van der Waals surface area contributed by atoms with E-state index in [0.29, 0.717) is 17.7 Å². The summed E-state index contributed by atoms with van der Waals surface area (Å²) in [5.74, 6) is -0.239. The number of benzene rings is 1. The Labute approximate surface area is 89.7 Å². The predicted octanol–water partition coefficient (Wildman–Crippen LogP) is 2.66.